The van der Waals surface area contributed by atoms with Gasteiger partial charge < -0.3 is 14.5 Å². The minimum Gasteiger partial charge on any atom is -0.492 e. The lowest BCUT2D eigenvalue weighted by atomic mass is 9.96. The van der Waals surface area contributed by atoms with E-state index in [9.17, 15) is 17.6 Å². The van der Waals surface area contributed by atoms with Crippen molar-refractivity contribution in [3.8, 4) is 5.75 Å². The molecule has 4 rings (SSSR count). The molecule has 2 aromatic rings. The third kappa shape index (κ3) is 5.16. The monoisotopic (exact) mass is 509 g/mol. The van der Waals surface area contributed by atoms with E-state index in [0.717, 1.165) is 0 Å². The number of benzene rings is 2. The highest BCUT2D eigenvalue weighted by Gasteiger charge is 2.36. The fourth-order valence-electron chi connectivity index (χ4n) is 4.57. The van der Waals surface area contributed by atoms with Gasteiger partial charge in [0.15, 0.2) is 0 Å². The van der Waals surface area contributed by atoms with Crippen LogP contribution in [0.5, 0.6) is 5.75 Å². The highest BCUT2D eigenvalue weighted by atomic mass is 35.5. The van der Waals surface area contributed by atoms with Crippen LogP contribution in [0.25, 0.3) is 0 Å². The van der Waals surface area contributed by atoms with Gasteiger partial charge in [-0.2, -0.15) is 4.31 Å². The summed E-state index contributed by atoms with van der Waals surface area (Å²) in [5.74, 6) is -0.166. The van der Waals surface area contributed by atoms with Crippen LogP contribution >= 0.6 is 11.6 Å². The van der Waals surface area contributed by atoms with Gasteiger partial charge in [-0.05, 0) is 50.1 Å². The number of hydrogen-bond acceptors (Lipinski definition) is 5. The minimum atomic E-state index is -3.80. The van der Waals surface area contributed by atoms with Gasteiger partial charge in [-0.3, -0.25) is 4.79 Å². The summed E-state index contributed by atoms with van der Waals surface area (Å²) in [6, 6.07) is 11.2. The summed E-state index contributed by atoms with van der Waals surface area (Å²) in [6.07, 6.45) is 0.909. The Morgan fingerprint density at radius 3 is 2.38 bits per heavy atom. The van der Waals surface area contributed by atoms with Crippen molar-refractivity contribution in [1.82, 2.24) is 9.21 Å². The predicted octanol–water partition coefficient (Wildman–Crippen LogP) is 3.63. The first kappa shape index (κ1) is 24.8. The van der Waals surface area contributed by atoms with Crippen LogP contribution < -0.4 is 9.64 Å². The molecule has 2 fully saturated rings. The lowest BCUT2D eigenvalue weighted by molar-refractivity contribution is -0.137. The highest BCUT2D eigenvalue weighted by molar-refractivity contribution is 7.89. The first-order valence-corrected chi connectivity index (χ1v) is 13.3. The first-order chi connectivity index (χ1) is 16.3. The molecule has 2 aromatic carbocycles. The standard InChI is InChI=1S/C24H29ClFN3O4S/c1-2-33-22-8-7-19(25)17-23(22)34(31,32)29-11-9-18(10-12-29)24(30)28-15-13-27(14-16-28)21-6-4-3-5-20(21)26/h3-8,17-18H,2,9-16H2,1H3. The number of carbonyl (C=O) groups is 1. The van der Waals surface area contributed by atoms with Gasteiger partial charge in [0.05, 0.1) is 12.3 Å². The molecule has 0 spiro atoms. The van der Waals surface area contributed by atoms with Crippen LogP contribution in [-0.2, 0) is 14.8 Å². The van der Waals surface area contributed by atoms with Crippen LogP contribution in [0.15, 0.2) is 47.4 Å². The van der Waals surface area contributed by atoms with Crippen molar-refractivity contribution in [2.75, 3.05) is 50.8 Å². The van der Waals surface area contributed by atoms with E-state index in [1.165, 1.54) is 16.4 Å². The summed E-state index contributed by atoms with van der Waals surface area (Å²) in [5, 5.41) is 0.321. The largest absolute Gasteiger partial charge is 0.492 e. The zero-order chi connectivity index (χ0) is 24.3. The summed E-state index contributed by atoms with van der Waals surface area (Å²) in [5.41, 5.74) is 0.556. The molecule has 0 radical (unpaired) electrons. The van der Waals surface area contributed by atoms with Crippen molar-refractivity contribution < 1.29 is 22.3 Å². The number of nitrogens with zero attached hydrogens (tertiary/aromatic N) is 3. The van der Waals surface area contributed by atoms with Crippen molar-refractivity contribution in [1.29, 1.82) is 0 Å². The summed E-state index contributed by atoms with van der Waals surface area (Å²) >= 11 is 6.06. The van der Waals surface area contributed by atoms with E-state index in [-0.39, 0.29) is 41.4 Å². The Kier molecular flexibility index (Phi) is 7.64. The molecule has 10 heteroatoms. The minimum absolute atomic E-state index is 0.0444. The third-order valence-corrected chi connectivity index (χ3v) is 8.57. The maximum absolute atomic E-state index is 14.1. The topological polar surface area (TPSA) is 70.2 Å². The number of ether oxygens (including phenoxy) is 1. The molecule has 2 aliphatic heterocycles. The molecule has 0 saturated carbocycles. The molecule has 34 heavy (non-hydrogen) atoms. The van der Waals surface area contributed by atoms with E-state index in [2.05, 4.69) is 0 Å². The molecular weight excluding hydrogens is 481 g/mol. The van der Waals surface area contributed by atoms with Crippen LogP contribution in [-0.4, -0.2) is 69.4 Å². The number of hydrogen-bond donors (Lipinski definition) is 0. The maximum Gasteiger partial charge on any atom is 0.246 e. The zero-order valence-electron chi connectivity index (χ0n) is 19.1. The molecule has 1 amide bonds. The van der Waals surface area contributed by atoms with E-state index >= 15 is 0 Å². The van der Waals surface area contributed by atoms with Gasteiger partial charge in [-0.25, -0.2) is 12.8 Å². The van der Waals surface area contributed by atoms with Gasteiger partial charge in [0.1, 0.15) is 16.5 Å². The van der Waals surface area contributed by atoms with Gasteiger partial charge in [-0.15, -0.1) is 0 Å². The Bertz CT molecular complexity index is 1130. The molecule has 0 unspecified atom stereocenters. The SMILES string of the molecule is CCOc1ccc(Cl)cc1S(=O)(=O)N1CCC(C(=O)N2CCN(c3ccccc3F)CC2)CC1. The molecule has 7 nitrogen and oxygen atoms in total. The van der Waals surface area contributed by atoms with E-state index in [0.29, 0.717) is 56.3 Å². The molecule has 0 aliphatic carbocycles. The Morgan fingerprint density at radius 1 is 1.06 bits per heavy atom. The molecule has 2 aliphatic rings. The van der Waals surface area contributed by atoms with E-state index < -0.39 is 10.0 Å². The van der Waals surface area contributed by atoms with Crippen molar-refractivity contribution in [2.24, 2.45) is 5.92 Å². The lowest BCUT2D eigenvalue weighted by Gasteiger charge is -2.39. The van der Waals surface area contributed by atoms with Gasteiger partial charge in [0.25, 0.3) is 0 Å². The number of carbonyl (C=O) groups excluding carboxylic acids is 1. The van der Waals surface area contributed by atoms with Crippen LogP contribution in [0.2, 0.25) is 5.02 Å². The second-order valence-electron chi connectivity index (χ2n) is 8.47. The van der Waals surface area contributed by atoms with E-state index in [1.54, 1.807) is 37.3 Å². The molecule has 2 heterocycles. The number of halogens is 2. The molecule has 0 aromatic heterocycles. The van der Waals surface area contributed by atoms with E-state index in [1.807, 2.05) is 9.80 Å². The fourth-order valence-corrected chi connectivity index (χ4v) is 6.44. The first-order valence-electron chi connectivity index (χ1n) is 11.5. The number of para-hydroxylation sites is 1. The average molecular weight is 510 g/mol. The number of piperazine rings is 1. The zero-order valence-corrected chi connectivity index (χ0v) is 20.7. The number of piperidine rings is 1. The third-order valence-electron chi connectivity index (χ3n) is 6.41. The highest BCUT2D eigenvalue weighted by Crippen LogP contribution is 2.32. The smallest absolute Gasteiger partial charge is 0.246 e. The average Bonchev–Trinajstić information content (AvgIpc) is 2.85. The predicted molar refractivity (Wildman–Crippen MR) is 129 cm³/mol. The lowest BCUT2D eigenvalue weighted by Crippen LogP contribution is -2.52. The van der Waals surface area contributed by atoms with Gasteiger partial charge >= 0.3 is 0 Å². The summed E-state index contributed by atoms with van der Waals surface area (Å²) in [4.78, 5) is 16.9. The van der Waals surface area contributed by atoms with Crippen molar-refractivity contribution in [2.45, 2.75) is 24.7 Å². The molecular formula is C24H29ClFN3O4S. The number of rotatable bonds is 6. The van der Waals surface area contributed by atoms with Crippen LogP contribution in [0, 0.1) is 11.7 Å². The van der Waals surface area contributed by atoms with Gasteiger partial charge in [-0.1, -0.05) is 23.7 Å². The van der Waals surface area contributed by atoms with Crippen molar-refractivity contribution in [3.63, 3.8) is 0 Å². The van der Waals surface area contributed by atoms with Gasteiger partial charge in [0, 0.05) is 50.2 Å². The van der Waals surface area contributed by atoms with Crippen LogP contribution in [0.1, 0.15) is 19.8 Å². The number of amides is 1. The Balaban J connectivity index is 1.36. The van der Waals surface area contributed by atoms with Gasteiger partial charge in [0.2, 0.25) is 15.9 Å². The fraction of sp³-hybridized carbons (Fsp3) is 0.458. The molecule has 184 valence electrons. The normalized spacial score (nSPS) is 18.2. The Morgan fingerprint density at radius 2 is 1.74 bits per heavy atom. The molecule has 0 atom stereocenters. The second kappa shape index (κ2) is 10.5. The molecule has 0 N–H and O–H groups in total. The van der Waals surface area contributed by atoms with Crippen molar-refractivity contribution in [3.05, 3.63) is 53.3 Å². The van der Waals surface area contributed by atoms with Crippen LogP contribution in [0.3, 0.4) is 0 Å². The number of sulfonamides is 1. The van der Waals surface area contributed by atoms with Crippen LogP contribution in [0.4, 0.5) is 10.1 Å². The van der Waals surface area contributed by atoms with E-state index in [4.69, 9.17) is 16.3 Å². The maximum atomic E-state index is 14.1. The Hall–Kier alpha value is -2.36. The summed E-state index contributed by atoms with van der Waals surface area (Å²) in [7, 11) is -3.80. The molecule has 0 bridgehead atoms. The Labute approximate surface area is 205 Å². The second-order valence-corrected chi connectivity index (χ2v) is 10.8. The van der Waals surface area contributed by atoms with Crippen molar-refractivity contribution >= 4 is 33.2 Å². The summed E-state index contributed by atoms with van der Waals surface area (Å²) < 4.78 is 47.5. The quantitative estimate of drug-likeness (QED) is 0.595. The number of anilines is 1. The summed E-state index contributed by atoms with van der Waals surface area (Å²) in [6.45, 7) is 4.81. The molecule has 2 saturated heterocycles.